The number of carbonyl (C=O) groups excluding carboxylic acids is 1. The number of piperidine rings is 1. The first-order valence-electron chi connectivity index (χ1n) is 7.31. The van der Waals surface area contributed by atoms with Gasteiger partial charge in [-0.3, -0.25) is 4.79 Å². The zero-order chi connectivity index (χ0) is 14.4. The molecule has 0 radical (unpaired) electrons. The van der Waals surface area contributed by atoms with E-state index in [-0.39, 0.29) is 5.91 Å². The van der Waals surface area contributed by atoms with E-state index in [1.165, 1.54) is 12.0 Å². The number of nitrogens with zero attached hydrogens (tertiary/aromatic N) is 1. The molecule has 4 heteroatoms. The Hall–Kier alpha value is -1.55. The number of ether oxygens (including phenoxy) is 1. The maximum atomic E-state index is 11.0. The van der Waals surface area contributed by atoms with Crippen molar-refractivity contribution in [3.8, 4) is 5.75 Å². The SMILES string of the molecule is COc1ccc(CCN2CCCC(CC(N)=O)C2)cc1. The summed E-state index contributed by atoms with van der Waals surface area (Å²) in [4.78, 5) is 13.5. The summed E-state index contributed by atoms with van der Waals surface area (Å²) >= 11 is 0. The number of hydrogen-bond acceptors (Lipinski definition) is 3. The van der Waals surface area contributed by atoms with Crippen molar-refractivity contribution in [1.29, 1.82) is 0 Å². The molecule has 1 fully saturated rings. The molecule has 0 spiro atoms. The highest BCUT2D eigenvalue weighted by Gasteiger charge is 2.20. The van der Waals surface area contributed by atoms with Crippen molar-refractivity contribution in [2.24, 2.45) is 11.7 Å². The third-order valence-electron chi connectivity index (χ3n) is 3.97. The summed E-state index contributed by atoms with van der Waals surface area (Å²) in [5.41, 5.74) is 6.61. The molecule has 0 bridgehead atoms. The average molecular weight is 276 g/mol. The van der Waals surface area contributed by atoms with Gasteiger partial charge in [-0.25, -0.2) is 0 Å². The lowest BCUT2D eigenvalue weighted by Crippen LogP contribution is -2.38. The van der Waals surface area contributed by atoms with Crippen LogP contribution < -0.4 is 10.5 Å². The van der Waals surface area contributed by atoms with Crippen LogP contribution in [0.15, 0.2) is 24.3 Å². The van der Waals surface area contributed by atoms with Crippen molar-refractivity contribution in [3.05, 3.63) is 29.8 Å². The average Bonchev–Trinajstić information content (AvgIpc) is 2.45. The summed E-state index contributed by atoms with van der Waals surface area (Å²) in [5.74, 6) is 1.16. The molecule has 0 aromatic heterocycles. The summed E-state index contributed by atoms with van der Waals surface area (Å²) in [7, 11) is 1.68. The number of nitrogens with two attached hydrogens (primary N) is 1. The van der Waals surface area contributed by atoms with Gasteiger partial charge in [0.25, 0.3) is 0 Å². The topological polar surface area (TPSA) is 55.6 Å². The summed E-state index contributed by atoms with van der Waals surface area (Å²) < 4.78 is 5.16. The van der Waals surface area contributed by atoms with E-state index in [4.69, 9.17) is 10.5 Å². The first-order valence-corrected chi connectivity index (χ1v) is 7.31. The Kier molecular flexibility index (Phi) is 5.41. The van der Waals surface area contributed by atoms with Gasteiger partial charge in [-0.1, -0.05) is 12.1 Å². The Morgan fingerprint density at radius 3 is 2.80 bits per heavy atom. The smallest absolute Gasteiger partial charge is 0.217 e. The van der Waals surface area contributed by atoms with E-state index < -0.39 is 0 Å². The Morgan fingerprint density at radius 1 is 1.40 bits per heavy atom. The van der Waals surface area contributed by atoms with Gasteiger partial charge in [-0.05, 0) is 49.4 Å². The summed E-state index contributed by atoms with van der Waals surface area (Å²) in [6.07, 6.45) is 3.86. The van der Waals surface area contributed by atoms with Crippen LogP contribution in [-0.4, -0.2) is 37.6 Å². The predicted molar refractivity (Wildman–Crippen MR) is 79.7 cm³/mol. The molecule has 2 rings (SSSR count). The zero-order valence-electron chi connectivity index (χ0n) is 12.2. The van der Waals surface area contributed by atoms with Gasteiger partial charge in [-0.2, -0.15) is 0 Å². The molecule has 1 aliphatic heterocycles. The van der Waals surface area contributed by atoms with Crippen LogP contribution in [0.25, 0.3) is 0 Å². The number of carbonyl (C=O) groups is 1. The van der Waals surface area contributed by atoms with Gasteiger partial charge in [0, 0.05) is 19.5 Å². The summed E-state index contributed by atoms with van der Waals surface area (Å²) in [5, 5.41) is 0. The molecule has 1 amide bonds. The Bertz CT molecular complexity index is 431. The van der Waals surface area contributed by atoms with Crippen LogP contribution in [0.2, 0.25) is 0 Å². The number of primary amides is 1. The molecule has 1 aliphatic rings. The second-order valence-corrected chi connectivity index (χ2v) is 5.58. The van der Waals surface area contributed by atoms with Gasteiger partial charge in [0.2, 0.25) is 5.91 Å². The fourth-order valence-corrected chi connectivity index (χ4v) is 2.88. The molecule has 0 saturated carbocycles. The van der Waals surface area contributed by atoms with Gasteiger partial charge < -0.3 is 15.4 Å². The zero-order valence-corrected chi connectivity index (χ0v) is 12.2. The van der Waals surface area contributed by atoms with Gasteiger partial charge in [0.1, 0.15) is 5.75 Å². The molecule has 0 aliphatic carbocycles. The van der Waals surface area contributed by atoms with Gasteiger partial charge in [0.05, 0.1) is 7.11 Å². The predicted octanol–water partition coefficient (Wildman–Crippen LogP) is 1.83. The number of methoxy groups -OCH3 is 1. The minimum atomic E-state index is -0.174. The maximum absolute atomic E-state index is 11.0. The number of hydrogen-bond donors (Lipinski definition) is 1. The minimum absolute atomic E-state index is 0.174. The number of benzene rings is 1. The molecule has 110 valence electrons. The molecule has 1 aromatic rings. The number of likely N-dealkylation sites (tertiary alicyclic amines) is 1. The maximum Gasteiger partial charge on any atom is 0.217 e. The van der Waals surface area contributed by atoms with Gasteiger partial charge >= 0.3 is 0 Å². The second kappa shape index (κ2) is 7.29. The molecule has 1 aromatic carbocycles. The lowest BCUT2D eigenvalue weighted by atomic mass is 9.94. The quantitative estimate of drug-likeness (QED) is 0.862. The summed E-state index contributed by atoms with van der Waals surface area (Å²) in [6, 6.07) is 8.23. The number of amides is 1. The van der Waals surface area contributed by atoms with E-state index in [1.54, 1.807) is 7.11 Å². The van der Waals surface area contributed by atoms with E-state index in [1.807, 2.05) is 12.1 Å². The third kappa shape index (κ3) is 4.53. The molecular weight excluding hydrogens is 252 g/mol. The van der Waals surface area contributed by atoms with Gasteiger partial charge in [-0.15, -0.1) is 0 Å². The molecule has 1 saturated heterocycles. The Labute approximate surface area is 120 Å². The molecule has 1 atom stereocenters. The van der Waals surface area contributed by atoms with Crippen LogP contribution in [0.5, 0.6) is 5.75 Å². The van der Waals surface area contributed by atoms with Crippen molar-refractivity contribution in [1.82, 2.24) is 4.90 Å². The fourth-order valence-electron chi connectivity index (χ4n) is 2.88. The monoisotopic (exact) mass is 276 g/mol. The minimum Gasteiger partial charge on any atom is -0.497 e. The van der Waals surface area contributed by atoms with Crippen molar-refractivity contribution in [2.45, 2.75) is 25.7 Å². The fraction of sp³-hybridized carbons (Fsp3) is 0.562. The highest BCUT2D eigenvalue weighted by Crippen LogP contribution is 2.20. The standard InChI is InChI=1S/C16H24N2O2/c1-20-15-6-4-13(5-7-15)8-10-18-9-2-3-14(12-18)11-16(17)19/h4-7,14H,2-3,8-12H2,1H3,(H2,17,19). The second-order valence-electron chi connectivity index (χ2n) is 5.58. The third-order valence-corrected chi connectivity index (χ3v) is 3.97. The lowest BCUT2D eigenvalue weighted by molar-refractivity contribution is -0.119. The van der Waals surface area contributed by atoms with E-state index in [9.17, 15) is 4.79 Å². The van der Waals surface area contributed by atoms with Crippen molar-refractivity contribution >= 4 is 5.91 Å². The van der Waals surface area contributed by atoms with Crippen molar-refractivity contribution < 1.29 is 9.53 Å². The molecule has 2 N–H and O–H groups in total. The molecular formula is C16H24N2O2. The van der Waals surface area contributed by atoms with E-state index in [2.05, 4.69) is 17.0 Å². The molecule has 4 nitrogen and oxygen atoms in total. The van der Waals surface area contributed by atoms with Crippen molar-refractivity contribution in [3.63, 3.8) is 0 Å². The van der Waals surface area contributed by atoms with Gasteiger partial charge in [0.15, 0.2) is 0 Å². The molecule has 1 unspecified atom stereocenters. The van der Waals surface area contributed by atoms with Crippen LogP contribution in [0.1, 0.15) is 24.8 Å². The van der Waals surface area contributed by atoms with Crippen LogP contribution in [0.4, 0.5) is 0 Å². The van der Waals surface area contributed by atoms with E-state index in [0.717, 1.165) is 38.2 Å². The molecule has 1 heterocycles. The Morgan fingerprint density at radius 2 is 2.15 bits per heavy atom. The number of rotatable bonds is 6. The Balaban J connectivity index is 1.79. The first-order chi connectivity index (χ1) is 9.67. The first kappa shape index (κ1) is 14.9. The van der Waals surface area contributed by atoms with E-state index >= 15 is 0 Å². The van der Waals surface area contributed by atoms with Crippen molar-refractivity contribution in [2.75, 3.05) is 26.7 Å². The molecule has 20 heavy (non-hydrogen) atoms. The van der Waals surface area contributed by atoms with E-state index in [0.29, 0.717) is 12.3 Å². The van der Waals surface area contributed by atoms with Crippen LogP contribution >= 0.6 is 0 Å². The normalized spacial score (nSPS) is 19.8. The van der Waals surface area contributed by atoms with Crippen LogP contribution in [-0.2, 0) is 11.2 Å². The summed E-state index contributed by atoms with van der Waals surface area (Å²) in [6.45, 7) is 3.17. The highest BCUT2D eigenvalue weighted by molar-refractivity contribution is 5.74. The largest absolute Gasteiger partial charge is 0.497 e. The van der Waals surface area contributed by atoms with Crippen LogP contribution in [0, 0.1) is 5.92 Å². The lowest BCUT2D eigenvalue weighted by Gasteiger charge is -2.32. The highest BCUT2D eigenvalue weighted by atomic mass is 16.5. The van der Waals surface area contributed by atoms with Crippen LogP contribution in [0.3, 0.4) is 0 Å².